The maximum absolute atomic E-state index is 13.8. The maximum atomic E-state index is 13.8. The molecule has 20 heavy (non-hydrogen) atoms. The SMILES string of the molecule is CCOC(=O)N1CCSC(c2cc(F)ccc2F)CC1. The van der Waals surface area contributed by atoms with Crippen molar-refractivity contribution in [3.05, 3.63) is 35.4 Å². The summed E-state index contributed by atoms with van der Waals surface area (Å²) in [5.74, 6) is -0.152. The van der Waals surface area contributed by atoms with E-state index in [-0.39, 0.29) is 11.3 Å². The standard InChI is InChI=1S/C14H17F2NO2S/c1-2-19-14(18)17-6-5-13(20-8-7-17)11-9-10(15)3-4-12(11)16/h3-4,9,13H,2,5-8H2,1H3. The fraction of sp³-hybridized carbons (Fsp3) is 0.500. The van der Waals surface area contributed by atoms with Gasteiger partial charge in [-0.2, -0.15) is 11.8 Å². The number of thioether (sulfide) groups is 1. The minimum absolute atomic E-state index is 0.134. The Hall–Kier alpha value is -1.30. The van der Waals surface area contributed by atoms with Crippen LogP contribution in [-0.4, -0.2) is 36.4 Å². The third-order valence-electron chi connectivity index (χ3n) is 3.17. The van der Waals surface area contributed by atoms with Gasteiger partial charge in [-0.1, -0.05) is 0 Å². The lowest BCUT2D eigenvalue weighted by molar-refractivity contribution is 0.109. The Morgan fingerprint density at radius 2 is 2.25 bits per heavy atom. The van der Waals surface area contributed by atoms with Crippen molar-refractivity contribution >= 4 is 17.9 Å². The van der Waals surface area contributed by atoms with Crippen LogP contribution in [0.3, 0.4) is 0 Å². The van der Waals surface area contributed by atoms with Crippen LogP contribution < -0.4 is 0 Å². The zero-order valence-corrected chi connectivity index (χ0v) is 12.1. The zero-order chi connectivity index (χ0) is 14.5. The number of rotatable bonds is 2. The normalized spacial score (nSPS) is 19.6. The van der Waals surface area contributed by atoms with Gasteiger partial charge in [0, 0.05) is 29.7 Å². The van der Waals surface area contributed by atoms with Gasteiger partial charge in [0.2, 0.25) is 0 Å². The Balaban J connectivity index is 2.06. The van der Waals surface area contributed by atoms with E-state index in [2.05, 4.69) is 0 Å². The molecule has 1 aliphatic heterocycles. The molecule has 1 atom stereocenters. The molecule has 3 nitrogen and oxygen atoms in total. The van der Waals surface area contributed by atoms with E-state index in [0.717, 1.165) is 12.1 Å². The smallest absolute Gasteiger partial charge is 0.409 e. The predicted octanol–water partition coefficient (Wildman–Crippen LogP) is 3.60. The average molecular weight is 301 g/mol. The topological polar surface area (TPSA) is 29.5 Å². The number of hydrogen-bond donors (Lipinski definition) is 0. The summed E-state index contributed by atoms with van der Waals surface area (Å²) in [7, 11) is 0. The summed E-state index contributed by atoms with van der Waals surface area (Å²) in [6.45, 7) is 3.16. The van der Waals surface area contributed by atoms with Gasteiger partial charge in [0.05, 0.1) is 6.61 Å². The second-order valence-corrected chi connectivity index (χ2v) is 5.81. The predicted molar refractivity (Wildman–Crippen MR) is 74.8 cm³/mol. The second kappa shape index (κ2) is 6.92. The lowest BCUT2D eigenvalue weighted by Crippen LogP contribution is -2.33. The van der Waals surface area contributed by atoms with Crippen LogP contribution in [0.1, 0.15) is 24.2 Å². The van der Waals surface area contributed by atoms with Gasteiger partial charge in [0.1, 0.15) is 11.6 Å². The minimum Gasteiger partial charge on any atom is -0.450 e. The first-order chi connectivity index (χ1) is 9.61. The summed E-state index contributed by atoms with van der Waals surface area (Å²) in [4.78, 5) is 13.3. The third-order valence-corrected chi connectivity index (χ3v) is 4.48. The highest BCUT2D eigenvalue weighted by Crippen LogP contribution is 2.36. The molecular formula is C14H17F2NO2S. The lowest BCUT2D eigenvalue weighted by Gasteiger charge is -2.19. The number of hydrogen-bond acceptors (Lipinski definition) is 3. The number of ether oxygens (including phenoxy) is 1. The van der Waals surface area contributed by atoms with Crippen LogP contribution >= 0.6 is 11.8 Å². The molecule has 1 saturated heterocycles. The van der Waals surface area contributed by atoms with Crippen LogP contribution in [0.15, 0.2) is 18.2 Å². The van der Waals surface area contributed by atoms with Crippen LogP contribution in [0.2, 0.25) is 0 Å². The van der Waals surface area contributed by atoms with Gasteiger partial charge in [-0.05, 0) is 31.5 Å². The van der Waals surface area contributed by atoms with Crippen molar-refractivity contribution in [2.75, 3.05) is 25.4 Å². The highest BCUT2D eigenvalue weighted by atomic mass is 32.2. The van der Waals surface area contributed by atoms with E-state index in [1.807, 2.05) is 0 Å². The van der Waals surface area contributed by atoms with Crippen molar-refractivity contribution in [3.63, 3.8) is 0 Å². The van der Waals surface area contributed by atoms with E-state index in [0.29, 0.717) is 37.4 Å². The molecule has 1 aliphatic rings. The van der Waals surface area contributed by atoms with Crippen molar-refractivity contribution in [2.24, 2.45) is 0 Å². The molecule has 1 amide bonds. The van der Waals surface area contributed by atoms with E-state index in [1.54, 1.807) is 23.6 Å². The fourth-order valence-corrected chi connectivity index (χ4v) is 3.42. The average Bonchev–Trinajstić information content (AvgIpc) is 2.67. The van der Waals surface area contributed by atoms with E-state index in [9.17, 15) is 13.6 Å². The van der Waals surface area contributed by atoms with Crippen molar-refractivity contribution in [1.29, 1.82) is 0 Å². The quantitative estimate of drug-likeness (QED) is 0.836. The summed E-state index contributed by atoms with van der Waals surface area (Å²) in [5.41, 5.74) is 0.376. The number of carbonyl (C=O) groups excluding carboxylic acids is 1. The number of nitrogens with zero attached hydrogens (tertiary/aromatic N) is 1. The number of carbonyl (C=O) groups is 1. The van der Waals surface area contributed by atoms with Crippen LogP contribution in [-0.2, 0) is 4.74 Å². The molecule has 0 aromatic heterocycles. The third kappa shape index (κ3) is 3.62. The summed E-state index contributed by atoms with van der Waals surface area (Å²) in [6.07, 6.45) is 0.248. The van der Waals surface area contributed by atoms with E-state index >= 15 is 0 Å². The molecule has 110 valence electrons. The Bertz CT molecular complexity index is 484. The largest absolute Gasteiger partial charge is 0.450 e. The summed E-state index contributed by atoms with van der Waals surface area (Å²) in [5, 5.41) is -0.134. The van der Waals surface area contributed by atoms with Gasteiger partial charge >= 0.3 is 6.09 Å². The molecule has 0 N–H and O–H groups in total. The molecule has 0 bridgehead atoms. The summed E-state index contributed by atoms with van der Waals surface area (Å²) < 4.78 is 32.0. The number of halogens is 2. The molecule has 6 heteroatoms. The highest BCUT2D eigenvalue weighted by molar-refractivity contribution is 7.99. The lowest BCUT2D eigenvalue weighted by atomic mass is 10.1. The van der Waals surface area contributed by atoms with Crippen LogP contribution in [0.5, 0.6) is 0 Å². The molecule has 1 aromatic carbocycles. The Labute approximate surface area is 121 Å². The van der Waals surface area contributed by atoms with E-state index < -0.39 is 11.6 Å². The number of amides is 1. The number of benzene rings is 1. The molecule has 0 saturated carbocycles. The van der Waals surface area contributed by atoms with Crippen molar-refractivity contribution in [2.45, 2.75) is 18.6 Å². The molecule has 0 aliphatic carbocycles. The maximum Gasteiger partial charge on any atom is 0.409 e. The fourth-order valence-electron chi connectivity index (χ4n) is 2.18. The first-order valence-corrected chi connectivity index (χ1v) is 7.65. The Morgan fingerprint density at radius 1 is 1.45 bits per heavy atom. The first kappa shape index (κ1) is 15.1. The second-order valence-electron chi connectivity index (χ2n) is 4.50. The van der Waals surface area contributed by atoms with Gasteiger partial charge in [0.25, 0.3) is 0 Å². The monoisotopic (exact) mass is 301 g/mol. The molecule has 2 rings (SSSR count). The minimum atomic E-state index is -0.437. The summed E-state index contributed by atoms with van der Waals surface area (Å²) in [6, 6.07) is 3.51. The van der Waals surface area contributed by atoms with Gasteiger partial charge in [-0.3, -0.25) is 0 Å². The van der Waals surface area contributed by atoms with E-state index in [4.69, 9.17) is 4.74 Å². The molecule has 0 spiro atoms. The van der Waals surface area contributed by atoms with Crippen LogP contribution in [0.4, 0.5) is 13.6 Å². The van der Waals surface area contributed by atoms with Crippen molar-refractivity contribution in [3.8, 4) is 0 Å². The van der Waals surface area contributed by atoms with E-state index in [1.165, 1.54) is 6.07 Å². The van der Waals surface area contributed by atoms with Gasteiger partial charge in [0.15, 0.2) is 0 Å². The molecular weight excluding hydrogens is 284 g/mol. The van der Waals surface area contributed by atoms with Crippen LogP contribution in [0, 0.1) is 11.6 Å². The zero-order valence-electron chi connectivity index (χ0n) is 11.3. The summed E-state index contributed by atoms with van der Waals surface area (Å²) >= 11 is 1.54. The van der Waals surface area contributed by atoms with Gasteiger partial charge in [-0.25, -0.2) is 13.6 Å². The molecule has 1 unspecified atom stereocenters. The van der Waals surface area contributed by atoms with Crippen LogP contribution in [0.25, 0.3) is 0 Å². The Morgan fingerprint density at radius 3 is 3.00 bits per heavy atom. The van der Waals surface area contributed by atoms with Crippen molar-refractivity contribution in [1.82, 2.24) is 4.90 Å². The van der Waals surface area contributed by atoms with Gasteiger partial charge < -0.3 is 9.64 Å². The molecule has 1 fully saturated rings. The Kier molecular flexibility index (Phi) is 5.23. The van der Waals surface area contributed by atoms with Crippen molar-refractivity contribution < 1.29 is 18.3 Å². The van der Waals surface area contributed by atoms with Gasteiger partial charge in [-0.15, -0.1) is 0 Å². The highest BCUT2D eigenvalue weighted by Gasteiger charge is 2.24. The molecule has 0 radical (unpaired) electrons. The molecule has 1 heterocycles. The first-order valence-electron chi connectivity index (χ1n) is 6.60. The molecule has 1 aromatic rings.